The van der Waals surface area contributed by atoms with Gasteiger partial charge in [0.05, 0.1) is 13.2 Å². The molecular weight excluding hydrogens is 472 g/mol. The highest BCUT2D eigenvalue weighted by Crippen LogP contribution is 2.35. The van der Waals surface area contributed by atoms with E-state index in [-0.39, 0.29) is 36.8 Å². The lowest BCUT2D eigenvalue weighted by Gasteiger charge is -2.25. The van der Waals surface area contributed by atoms with E-state index in [0.29, 0.717) is 62.5 Å². The number of fused-ring (bicyclic) bond motifs is 2. The smallest absolute Gasteiger partial charge is 0.161 e. The van der Waals surface area contributed by atoms with Crippen molar-refractivity contribution in [3.8, 4) is 23.0 Å². The van der Waals surface area contributed by atoms with Crippen molar-refractivity contribution in [1.29, 1.82) is 0 Å². The van der Waals surface area contributed by atoms with E-state index in [1.165, 1.54) is 0 Å². The molecule has 0 radical (unpaired) electrons. The van der Waals surface area contributed by atoms with Crippen LogP contribution in [0, 0.1) is 0 Å². The first kappa shape index (κ1) is 29.1. The number of aliphatic hydroxyl groups is 1. The summed E-state index contributed by atoms with van der Waals surface area (Å²) in [5.41, 5.74) is 2.25. The Bertz CT molecular complexity index is 975. The van der Waals surface area contributed by atoms with Gasteiger partial charge in [-0.25, -0.2) is 0 Å². The summed E-state index contributed by atoms with van der Waals surface area (Å²) in [4.78, 5) is 0. The number of hydrogen-bond acceptors (Lipinski definition) is 7. The summed E-state index contributed by atoms with van der Waals surface area (Å²) in [6.07, 6.45) is 0.183. The Balaban J connectivity index is 1.85. The molecule has 7 heteroatoms. The van der Waals surface area contributed by atoms with Crippen LogP contribution in [0.2, 0.25) is 0 Å². The number of hydrogen-bond donors (Lipinski definition) is 1. The average Bonchev–Trinajstić information content (AvgIpc) is 2.83. The van der Waals surface area contributed by atoms with Crippen molar-refractivity contribution in [3.05, 3.63) is 47.5 Å². The molecule has 0 saturated carbocycles. The van der Waals surface area contributed by atoms with Gasteiger partial charge >= 0.3 is 0 Å². The highest BCUT2D eigenvalue weighted by Gasteiger charge is 2.21. The molecule has 2 aromatic rings. The molecule has 1 atom stereocenters. The molecular formula is C30H44O7. The highest BCUT2D eigenvalue weighted by atomic mass is 16.6. The van der Waals surface area contributed by atoms with Gasteiger partial charge in [0, 0.05) is 13.2 Å². The number of benzene rings is 2. The van der Waals surface area contributed by atoms with E-state index in [2.05, 4.69) is 53.7 Å². The van der Waals surface area contributed by atoms with Gasteiger partial charge < -0.3 is 33.5 Å². The minimum Gasteiger partial charge on any atom is -0.487 e. The quantitative estimate of drug-likeness (QED) is 0.553. The van der Waals surface area contributed by atoms with E-state index in [9.17, 15) is 5.11 Å². The van der Waals surface area contributed by atoms with Crippen LogP contribution in [-0.2, 0) is 20.3 Å². The van der Waals surface area contributed by atoms with Gasteiger partial charge in [-0.2, -0.15) is 0 Å². The van der Waals surface area contributed by atoms with Gasteiger partial charge in [-0.3, -0.25) is 0 Å². The van der Waals surface area contributed by atoms with Crippen LogP contribution < -0.4 is 18.9 Å². The van der Waals surface area contributed by atoms with Crippen molar-refractivity contribution in [2.45, 2.75) is 64.9 Å². The van der Waals surface area contributed by atoms with E-state index in [1.54, 1.807) is 0 Å². The molecule has 1 aliphatic heterocycles. The molecule has 1 unspecified atom stereocenters. The largest absolute Gasteiger partial charge is 0.487 e. The molecule has 37 heavy (non-hydrogen) atoms. The minimum atomic E-state index is -0.357. The Hall–Kier alpha value is -2.48. The number of rotatable bonds is 4. The molecule has 1 aliphatic rings. The van der Waals surface area contributed by atoms with Gasteiger partial charge in [0.15, 0.2) is 23.0 Å². The molecule has 0 aromatic heterocycles. The Labute approximate surface area is 222 Å². The van der Waals surface area contributed by atoms with Gasteiger partial charge in [-0.1, -0.05) is 53.7 Å². The first-order valence-electron chi connectivity index (χ1n) is 13.2. The maximum absolute atomic E-state index is 9.23. The molecule has 1 heterocycles. The molecule has 0 amide bonds. The third-order valence-electron chi connectivity index (χ3n) is 6.10. The number of ether oxygens (including phenoxy) is 6. The zero-order valence-electron chi connectivity index (χ0n) is 23.3. The summed E-state index contributed by atoms with van der Waals surface area (Å²) in [6.45, 7) is 15.7. The second-order valence-corrected chi connectivity index (χ2v) is 11.3. The predicted molar refractivity (Wildman–Crippen MR) is 145 cm³/mol. The predicted octanol–water partition coefficient (Wildman–Crippen LogP) is 5.29. The number of aliphatic hydroxyl groups excluding tert-OH is 1. The minimum absolute atomic E-state index is 0.0233. The Kier molecular flexibility index (Phi) is 10.5. The lowest BCUT2D eigenvalue weighted by atomic mass is 9.87. The van der Waals surface area contributed by atoms with Crippen molar-refractivity contribution in [1.82, 2.24) is 0 Å². The van der Waals surface area contributed by atoms with Crippen molar-refractivity contribution < 1.29 is 33.5 Å². The summed E-state index contributed by atoms with van der Waals surface area (Å²) in [5, 5.41) is 9.23. The van der Waals surface area contributed by atoms with Crippen LogP contribution in [-0.4, -0.2) is 64.1 Å². The maximum Gasteiger partial charge on any atom is 0.161 e. The van der Waals surface area contributed by atoms with Crippen LogP contribution in [0.15, 0.2) is 36.4 Å². The fourth-order valence-corrected chi connectivity index (χ4v) is 3.76. The fraction of sp³-hybridized carbons (Fsp3) is 0.600. The van der Waals surface area contributed by atoms with Gasteiger partial charge in [-0.05, 0) is 52.6 Å². The van der Waals surface area contributed by atoms with Gasteiger partial charge in [0.2, 0.25) is 0 Å². The van der Waals surface area contributed by atoms with E-state index >= 15 is 0 Å². The Morgan fingerprint density at radius 3 is 1.73 bits per heavy atom. The summed E-state index contributed by atoms with van der Waals surface area (Å²) in [7, 11) is 0. The SMILES string of the molecule is CC(C)(C)c1ccc2c(c1)OCCOCCOc1ccc(C(C)(C)C)cc1OCC(OCCCO)CO2. The lowest BCUT2D eigenvalue weighted by molar-refractivity contribution is -0.0135. The van der Waals surface area contributed by atoms with Crippen LogP contribution in [0.1, 0.15) is 59.1 Å². The van der Waals surface area contributed by atoms with Crippen molar-refractivity contribution in [2.75, 3.05) is 52.9 Å². The Morgan fingerprint density at radius 2 is 1.19 bits per heavy atom. The van der Waals surface area contributed by atoms with E-state index in [4.69, 9.17) is 28.4 Å². The van der Waals surface area contributed by atoms with Gasteiger partial charge in [0.25, 0.3) is 0 Å². The Morgan fingerprint density at radius 1 is 0.703 bits per heavy atom. The first-order chi connectivity index (χ1) is 17.6. The van der Waals surface area contributed by atoms with Crippen LogP contribution in [0.5, 0.6) is 23.0 Å². The standard InChI is InChI=1S/C30H44O7/c1-29(2,3)22-9-11-26-27(18-22)35-17-15-32-14-16-34-25-10-8-23(30(4,5)6)19-28(25)37-21-24(20-36-26)33-13-7-12-31/h8-11,18-19,24,31H,7,12-17,20-21H2,1-6H3. The van der Waals surface area contributed by atoms with Crippen molar-refractivity contribution in [3.63, 3.8) is 0 Å². The molecule has 0 bridgehead atoms. The summed E-state index contributed by atoms with van der Waals surface area (Å²) >= 11 is 0. The topological polar surface area (TPSA) is 75.6 Å². The second kappa shape index (κ2) is 13.4. The van der Waals surface area contributed by atoms with Gasteiger partial charge in [-0.15, -0.1) is 0 Å². The zero-order valence-corrected chi connectivity index (χ0v) is 23.3. The first-order valence-corrected chi connectivity index (χ1v) is 13.2. The van der Waals surface area contributed by atoms with Crippen LogP contribution >= 0.6 is 0 Å². The second-order valence-electron chi connectivity index (χ2n) is 11.3. The summed E-state index contributed by atoms with van der Waals surface area (Å²) in [5.74, 6) is 2.65. The maximum atomic E-state index is 9.23. The van der Waals surface area contributed by atoms with Crippen LogP contribution in [0.25, 0.3) is 0 Å². The van der Waals surface area contributed by atoms with Gasteiger partial charge in [0.1, 0.15) is 32.5 Å². The molecule has 3 rings (SSSR count). The normalized spacial score (nSPS) is 17.9. The molecule has 0 spiro atoms. The monoisotopic (exact) mass is 516 g/mol. The molecule has 0 aliphatic carbocycles. The molecule has 7 nitrogen and oxygen atoms in total. The molecule has 2 aromatic carbocycles. The van der Waals surface area contributed by atoms with Crippen molar-refractivity contribution in [2.24, 2.45) is 0 Å². The fourth-order valence-electron chi connectivity index (χ4n) is 3.76. The molecule has 0 saturated heterocycles. The third-order valence-corrected chi connectivity index (χ3v) is 6.10. The van der Waals surface area contributed by atoms with Crippen molar-refractivity contribution >= 4 is 0 Å². The zero-order chi connectivity index (χ0) is 26.9. The van der Waals surface area contributed by atoms with Crippen LogP contribution in [0.4, 0.5) is 0 Å². The highest BCUT2D eigenvalue weighted by molar-refractivity contribution is 5.46. The summed E-state index contributed by atoms with van der Waals surface area (Å²) < 4.78 is 36.3. The van der Waals surface area contributed by atoms with E-state index in [1.807, 2.05) is 24.3 Å². The molecule has 1 N–H and O–H groups in total. The summed E-state index contributed by atoms with van der Waals surface area (Å²) in [6, 6.07) is 12.1. The van der Waals surface area contributed by atoms with E-state index in [0.717, 1.165) is 11.1 Å². The molecule has 206 valence electrons. The van der Waals surface area contributed by atoms with E-state index < -0.39 is 0 Å². The lowest BCUT2D eigenvalue weighted by Crippen LogP contribution is -2.30. The average molecular weight is 517 g/mol. The molecule has 0 fully saturated rings. The third kappa shape index (κ3) is 9.09. The van der Waals surface area contributed by atoms with Crippen LogP contribution in [0.3, 0.4) is 0 Å².